The Kier molecular flexibility index (Phi) is 7.86. The number of aliphatic hydroxyl groups is 1. The standard InChI is InChI=1S/C24H29BrO3/c1-24(18-26)22(17-27-15-19-8-4-2-5-9-19)21(14-25)12-13-23(24)28-16-20-10-6-3-7-11-20/h2-11,23,26H,12-18H2,1H3/t23-,24-/m0/s1. The van der Waals surface area contributed by atoms with E-state index in [1.54, 1.807) is 0 Å². The molecule has 1 aliphatic rings. The second-order valence-electron chi connectivity index (χ2n) is 7.59. The minimum absolute atomic E-state index is 0.0316. The van der Waals surface area contributed by atoms with Crippen LogP contribution < -0.4 is 0 Å². The molecule has 28 heavy (non-hydrogen) atoms. The second kappa shape index (κ2) is 10.4. The Morgan fingerprint density at radius 3 is 2.14 bits per heavy atom. The fourth-order valence-corrected chi connectivity index (χ4v) is 4.49. The lowest BCUT2D eigenvalue weighted by Crippen LogP contribution is -2.44. The first-order valence-electron chi connectivity index (χ1n) is 9.82. The molecule has 0 saturated heterocycles. The number of aliphatic hydroxyl groups excluding tert-OH is 1. The van der Waals surface area contributed by atoms with Crippen LogP contribution in [-0.4, -0.2) is 29.8 Å². The van der Waals surface area contributed by atoms with E-state index in [9.17, 15) is 5.11 Å². The average Bonchev–Trinajstić information content (AvgIpc) is 2.75. The average molecular weight is 445 g/mol. The lowest BCUT2D eigenvalue weighted by molar-refractivity contribution is -0.0643. The summed E-state index contributed by atoms with van der Waals surface area (Å²) in [5.74, 6) is 0. The zero-order valence-corrected chi connectivity index (χ0v) is 18.0. The number of hydrogen-bond donors (Lipinski definition) is 1. The Morgan fingerprint density at radius 2 is 1.57 bits per heavy atom. The normalized spacial score (nSPS) is 22.5. The van der Waals surface area contributed by atoms with E-state index in [4.69, 9.17) is 9.47 Å². The van der Waals surface area contributed by atoms with E-state index in [0.717, 1.165) is 29.3 Å². The molecule has 2 aromatic rings. The van der Waals surface area contributed by atoms with Crippen molar-refractivity contribution in [3.05, 3.63) is 82.9 Å². The summed E-state index contributed by atoms with van der Waals surface area (Å²) >= 11 is 3.63. The summed E-state index contributed by atoms with van der Waals surface area (Å²) < 4.78 is 12.4. The number of ether oxygens (including phenoxy) is 2. The highest BCUT2D eigenvalue weighted by Gasteiger charge is 2.42. The Balaban J connectivity index is 1.70. The van der Waals surface area contributed by atoms with Crippen molar-refractivity contribution in [2.75, 3.05) is 18.5 Å². The molecule has 0 spiro atoms. The van der Waals surface area contributed by atoms with Gasteiger partial charge in [-0.2, -0.15) is 0 Å². The lowest BCUT2D eigenvalue weighted by atomic mass is 9.70. The Bertz CT molecular complexity index is 760. The maximum atomic E-state index is 10.3. The summed E-state index contributed by atoms with van der Waals surface area (Å²) in [6.07, 6.45) is 1.84. The molecule has 2 atom stereocenters. The highest BCUT2D eigenvalue weighted by atomic mass is 79.9. The summed E-state index contributed by atoms with van der Waals surface area (Å²) in [5.41, 5.74) is 4.37. The maximum absolute atomic E-state index is 10.3. The molecule has 0 unspecified atom stereocenters. The first kappa shape index (κ1) is 21.3. The van der Waals surface area contributed by atoms with Gasteiger partial charge in [-0.15, -0.1) is 0 Å². The lowest BCUT2D eigenvalue weighted by Gasteiger charge is -2.43. The van der Waals surface area contributed by atoms with Crippen molar-refractivity contribution >= 4 is 15.9 Å². The third kappa shape index (κ3) is 5.12. The number of halogens is 1. The molecule has 0 fully saturated rings. The molecular formula is C24H29BrO3. The molecule has 3 rings (SSSR count). The predicted molar refractivity (Wildman–Crippen MR) is 116 cm³/mol. The largest absolute Gasteiger partial charge is 0.395 e. The van der Waals surface area contributed by atoms with Crippen molar-refractivity contribution in [2.45, 2.75) is 39.1 Å². The zero-order valence-electron chi connectivity index (χ0n) is 16.4. The van der Waals surface area contributed by atoms with E-state index < -0.39 is 5.41 Å². The molecule has 150 valence electrons. The number of alkyl halides is 1. The minimum atomic E-state index is -0.438. The van der Waals surface area contributed by atoms with E-state index in [1.807, 2.05) is 36.4 Å². The van der Waals surface area contributed by atoms with Gasteiger partial charge in [-0.25, -0.2) is 0 Å². The fourth-order valence-electron chi connectivity index (χ4n) is 3.87. The van der Waals surface area contributed by atoms with Gasteiger partial charge in [0, 0.05) is 10.7 Å². The van der Waals surface area contributed by atoms with Gasteiger partial charge < -0.3 is 14.6 Å². The van der Waals surface area contributed by atoms with Crippen LogP contribution in [0.25, 0.3) is 0 Å². The third-order valence-corrected chi connectivity index (χ3v) is 6.35. The van der Waals surface area contributed by atoms with Crippen LogP contribution in [0.5, 0.6) is 0 Å². The van der Waals surface area contributed by atoms with Crippen LogP contribution in [0.15, 0.2) is 71.8 Å². The van der Waals surface area contributed by atoms with Gasteiger partial charge in [0.25, 0.3) is 0 Å². The molecule has 4 heteroatoms. The SMILES string of the molecule is C[C@]1(CO)C(COCc2ccccc2)=C(CBr)CC[C@@H]1OCc1ccccc1. The molecule has 2 aromatic carbocycles. The zero-order chi connectivity index (χ0) is 19.8. The van der Waals surface area contributed by atoms with E-state index >= 15 is 0 Å². The van der Waals surface area contributed by atoms with Crippen molar-refractivity contribution in [1.82, 2.24) is 0 Å². The Hall–Kier alpha value is -1.46. The number of allylic oxidation sites excluding steroid dienone is 1. The van der Waals surface area contributed by atoms with Crippen LogP contribution in [0.1, 0.15) is 30.9 Å². The molecule has 0 saturated carbocycles. The molecular weight excluding hydrogens is 416 g/mol. The second-order valence-corrected chi connectivity index (χ2v) is 8.15. The highest BCUT2D eigenvalue weighted by Crippen LogP contribution is 2.43. The van der Waals surface area contributed by atoms with E-state index in [-0.39, 0.29) is 12.7 Å². The number of rotatable bonds is 9. The van der Waals surface area contributed by atoms with Crippen LogP contribution >= 0.6 is 15.9 Å². The van der Waals surface area contributed by atoms with Crippen LogP contribution in [0.4, 0.5) is 0 Å². The van der Waals surface area contributed by atoms with Crippen LogP contribution in [0, 0.1) is 5.41 Å². The monoisotopic (exact) mass is 444 g/mol. The molecule has 0 amide bonds. The summed E-state index contributed by atoms with van der Waals surface area (Å²) in [4.78, 5) is 0. The van der Waals surface area contributed by atoms with Crippen molar-refractivity contribution in [3.8, 4) is 0 Å². The predicted octanol–water partition coefficient (Wildman–Crippen LogP) is 5.27. The summed E-state index contributed by atoms with van der Waals surface area (Å²) in [5, 5.41) is 11.1. The van der Waals surface area contributed by atoms with Gasteiger partial charge in [-0.1, -0.05) is 89.1 Å². The minimum Gasteiger partial charge on any atom is -0.395 e. The molecule has 0 radical (unpaired) electrons. The van der Waals surface area contributed by atoms with Crippen molar-refractivity contribution < 1.29 is 14.6 Å². The Labute approximate surface area is 176 Å². The Morgan fingerprint density at radius 1 is 0.964 bits per heavy atom. The number of hydrogen-bond acceptors (Lipinski definition) is 3. The molecule has 3 nitrogen and oxygen atoms in total. The van der Waals surface area contributed by atoms with E-state index in [2.05, 4.69) is 47.1 Å². The molecule has 0 aliphatic heterocycles. The van der Waals surface area contributed by atoms with E-state index in [0.29, 0.717) is 19.8 Å². The van der Waals surface area contributed by atoms with Crippen LogP contribution in [-0.2, 0) is 22.7 Å². The van der Waals surface area contributed by atoms with Gasteiger partial charge in [0.1, 0.15) is 0 Å². The smallest absolute Gasteiger partial charge is 0.0721 e. The van der Waals surface area contributed by atoms with Gasteiger partial charge in [0.05, 0.1) is 32.5 Å². The molecule has 0 bridgehead atoms. The molecule has 0 aromatic heterocycles. The highest BCUT2D eigenvalue weighted by molar-refractivity contribution is 9.09. The maximum Gasteiger partial charge on any atom is 0.0721 e. The molecule has 1 N–H and O–H groups in total. The fraction of sp³-hybridized carbons (Fsp3) is 0.417. The van der Waals surface area contributed by atoms with Gasteiger partial charge >= 0.3 is 0 Å². The summed E-state index contributed by atoms with van der Waals surface area (Å²) in [7, 11) is 0. The first-order chi connectivity index (χ1) is 13.7. The summed E-state index contributed by atoms with van der Waals surface area (Å²) in [6, 6.07) is 20.4. The van der Waals surface area contributed by atoms with Crippen molar-refractivity contribution in [2.24, 2.45) is 5.41 Å². The topological polar surface area (TPSA) is 38.7 Å². The van der Waals surface area contributed by atoms with Gasteiger partial charge in [0.2, 0.25) is 0 Å². The van der Waals surface area contributed by atoms with Crippen molar-refractivity contribution in [1.29, 1.82) is 0 Å². The summed E-state index contributed by atoms with van der Waals surface area (Å²) in [6.45, 7) is 3.79. The third-order valence-electron chi connectivity index (χ3n) is 5.68. The molecule has 0 heterocycles. The van der Waals surface area contributed by atoms with Crippen molar-refractivity contribution in [3.63, 3.8) is 0 Å². The van der Waals surface area contributed by atoms with Gasteiger partial charge in [0.15, 0.2) is 0 Å². The van der Waals surface area contributed by atoms with Gasteiger partial charge in [-0.05, 0) is 29.5 Å². The number of benzene rings is 2. The quantitative estimate of drug-likeness (QED) is 0.422. The molecule has 1 aliphatic carbocycles. The van der Waals surface area contributed by atoms with Crippen LogP contribution in [0.3, 0.4) is 0 Å². The van der Waals surface area contributed by atoms with Gasteiger partial charge in [-0.3, -0.25) is 0 Å². The van der Waals surface area contributed by atoms with E-state index in [1.165, 1.54) is 11.1 Å². The first-order valence-corrected chi connectivity index (χ1v) is 10.9. The van der Waals surface area contributed by atoms with Crippen LogP contribution in [0.2, 0.25) is 0 Å².